The van der Waals surface area contributed by atoms with Crippen LogP contribution in [0.2, 0.25) is 0 Å². The van der Waals surface area contributed by atoms with E-state index in [1.807, 2.05) is 0 Å². The molecular weight excluding hydrogens is 286 g/mol. The molecule has 0 aliphatic carbocycles. The molecule has 1 aliphatic heterocycles. The Hall–Kier alpha value is -0.950. The van der Waals surface area contributed by atoms with Crippen LogP contribution >= 0.6 is 0 Å². The molecule has 0 amide bonds. The molecule has 1 saturated heterocycles. The molecule has 1 atom stereocenters. The van der Waals surface area contributed by atoms with Crippen LogP contribution in [0.5, 0.6) is 0 Å². The van der Waals surface area contributed by atoms with Gasteiger partial charge in [-0.25, -0.2) is 8.42 Å². The molecule has 1 unspecified atom stereocenters. The first-order chi connectivity index (χ1) is 9.82. The SMILES string of the molecule is Cc1ccc(C(CN)N2CCN(S(C)(=O)=O)CC2)c(C)c1. The summed E-state index contributed by atoms with van der Waals surface area (Å²) in [6, 6.07) is 6.58. The second kappa shape index (κ2) is 6.44. The number of nitrogens with zero attached hydrogens (tertiary/aromatic N) is 2. The summed E-state index contributed by atoms with van der Waals surface area (Å²) in [5, 5.41) is 0. The summed E-state index contributed by atoms with van der Waals surface area (Å²) in [5.41, 5.74) is 9.73. The molecule has 1 heterocycles. The molecule has 118 valence electrons. The van der Waals surface area contributed by atoms with Crippen LogP contribution in [-0.2, 0) is 10.0 Å². The highest BCUT2D eigenvalue weighted by molar-refractivity contribution is 7.88. The Morgan fingerprint density at radius 2 is 1.81 bits per heavy atom. The van der Waals surface area contributed by atoms with Crippen LogP contribution in [0.25, 0.3) is 0 Å². The molecule has 1 aromatic carbocycles. The van der Waals surface area contributed by atoms with Crippen LogP contribution < -0.4 is 5.73 Å². The molecule has 1 aromatic rings. The number of aryl methyl sites for hydroxylation is 2. The lowest BCUT2D eigenvalue weighted by molar-refractivity contribution is 0.140. The van der Waals surface area contributed by atoms with Gasteiger partial charge in [-0.2, -0.15) is 4.31 Å². The largest absolute Gasteiger partial charge is 0.329 e. The molecule has 5 nitrogen and oxygen atoms in total. The molecule has 1 fully saturated rings. The van der Waals surface area contributed by atoms with Gasteiger partial charge >= 0.3 is 0 Å². The molecular formula is C15H25N3O2S. The molecule has 2 N–H and O–H groups in total. The van der Waals surface area contributed by atoms with E-state index in [1.165, 1.54) is 22.9 Å². The Labute approximate surface area is 127 Å². The van der Waals surface area contributed by atoms with E-state index >= 15 is 0 Å². The fourth-order valence-electron chi connectivity index (χ4n) is 3.02. The lowest BCUT2D eigenvalue weighted by atomic mass is 9.97. The minimum Gasteiger partial charge on any atom is -0.329 e. The molecule has 0 aromatic heterocycles. The molecule has 21 heavy (non-hydrogen) atoms. The lowest BCUT2D eigenvalue weighted by Gasteiger charge is -2.38. The number of piperazine rings is 1. The van der Waals surface area contributed by atoms with Gasteiger partial charge in [0.2, 0.25) is 10.0 Å². The summed E-state index contributed by atoms with van der Waals surface area (Å²) in [6.45, 7) is 7.27. The van der Waals surface area contributed by atoms with Crippen LogP contribution in [0.15, 0.2) is 18.2 Å². The average molecular weight is 311 g/mol. The predicted molar refractivity (Wildman–Crippen MR) is 85.7 cm³/mol. The minimum atomic E-state index is -3.08. The number of rotatable bonds is 4. The highest BCUT2D eigenvalue weighted by atomic mass is 32.2. The summed E-state index contributed by atoms with van der Waals surface area (Å²) in [5.74, 6) is 0. The van der Waals surface area contributed by atoms with Crippen LogP contribution in [0.1, 0.15) is 22.7 Å². The van der Waals surface area contributed by atoms with Gasteiger partial charge in [-0.3, -0.25) is 4.90 Å². The maximum atomic E-state index is 11.6. The zero-order chi connectivity index (χ0) is 15.6. The van der Waals surface area contributed by atoms with E-state index in [1.54, 1.807) is 4.31 Å². The number of hydrogen-bond donors (Lipinski definition) is 1. The predicted octanol–water partition coefficient (Wildman–Crippen LogP) is 0.880. The van der Waals surface area contributed by atoms with Crippen molar-refractivity contribution >= 4 is 10.0 Å². The first-order valence-electron chi connectivity index (χ1n) is 7.29. The highest BCUT2D eigenvalue weighted by Gasteiger charge is 2.28. The molecule has 0 bridgehead atoms. The number of hydrogen-bond acceptors (Lipinski definition) is 4. The number of sulfonamides is 1. The second-order valence-corrected chi connectivity index (χ2v) is 7.79. The molecule has 0 saturated carbocycles. The van der Waals surface area contributed by atoms with Crippen molar-refractivity contribution in [3.05, 3.63) is 34.9 Å². The fourth-order valence-corrected chi connectivity index (χ4v) is 3.85. The zero-order valence-electron chi connectivity index (χ0n) is 13.0. The summed E-state index contributed by atoms with van der Waals surface area (Å²) in [7, 11) is -3.08. The Bertz CT molecular complexity index is 593. The van der Waals surface area contributed by atoms with Crippen LogP contribution in [0.3, 0.4) is 0 Å². The molecule has 0 radical (unpaired) electrons. The van der Waals surface area contributed by atoms with E-state index in [2.05, 4.69) is 36.9 Å². The van der Waals surface area contributed by atoms with Crippen molar-refractivity contribution in [1.82, 2.24) is 9.21 Å². The summed E-state index contributed by atoms with van der Waals surface area (Å²) < 4.78 is 24.7. The zero-order valence-corrected chi connectivity index (χ0v) is 13.9. The normalized spacial score (nSPS) is 19.6. The van der Waals surface area contributed by atoms with E-state index < -0.39 is 10.0 Å². The Morgan fingerprint density at radius 3 is 2.29 bits per heavy atom. The van der Waals surface area contributed by atoms with Crippen molar-refractivity contribution in [1.29, 1.82) is 0 Å². The van der Waals surface area contributed by atoms with Gasteiger partial charge in [0, 0.05) is 38.8 Å². The first-order valence-corrected chi connectivity index (χ1v) is 9.14. The summed E-state index contributed by atoms with van der Waals surface area (Å²) in [4.78, 5) is 2.29. The van der Waals surface area contributed by atoms with Gasteiger partial charge in [0.05, 0.1) is 6.26 Å². The van der Waals surface area contributed by atoms with E-state index in [9.17, 15) is 8.42 Å². The van der Waals surface area contributed by atoms with Crippen molar-refractivity contribution in [2.45, 2.75) is 19.9 Å². The van der Waals surface area contributed by atoms with E-state index in [-0.39, 0.29) is 6.04 Å². The number of nitrogens with two attached hydrogens (primary N) is 1. The highest BCUT2D eigenvalue weighted by Crippen LogP contribution is 2.25. The quantitative estimate of drug-likeness (QED) is 0.896. The van der Waals surface area contributed by atoms with Gasteiger partial charge in [0.25, 0.3) is 0 Å². The Kier molecular flexibility index (Phi) is 5.03. The molecule has 6 heteroatoms. The smallest absolute Gasteiger partial charge is 0.211 e. The molecule has 2 rings (SSSR count). The topological polar surface area (TPSA) is 66.6 Å². The summed E-state index contributed by atoms with van der Waals surface area (Å²) >= 11 is 0. The Balaban J connectivity index is 2.13. The maximum Gasteiger partial charge on any atom is 0.211 e. The van der Waals surface area contributed by atoms with Gasteiger partial charge in [-0.05, 0) is 25.0 Å². The van der Waals surface area contributed by atoms with Gasteiger partial charge in [0.1, 0.15) is 0 Å². The average Bonchev–Trinajstić information content (AvgIpc) is 2.41. The van der Waals surface area contributed by atoms with Gasteiger partial charge in [-0.15, -0.1) is 0 Å². The van der Waals surface area contributed by atoms with E-state index in [0.29, 0.717) is 19.6 Å². The molecule has 1 aliphatic rings. The van der Waals surface area contributed by atoms with Crippen LogP contribution in [-0.4, -0.2) is 56.6 Å². The second-order valence-electron chi connectivity index (χ2n) is 5.81. The van der Waals surface area contributed by atoms with Crippen molar-refractivity contribution in [2.24, 2.45) is 5.73 Å². The van der Waals surface area contributed by atoms with E-state index in [4.69, 9.17) is 5.73 Å². The van der Waals surface area contributed by atoms with Crippen molar-refractivity contribution < 1.29 is 8.42 Å². The summed E-state index contributed by atoms with van der Waals surface area (Å²) in [6.07, 6.45) is 1.27. The Morgan fingerprint density at radius 1 is 1.19 bits per heavy atom. The fraction of sp³-hybridized carbons (Fsp3) is 0.600. The maximum absolute atomic E-state index is 11.6. The molecule has 0 spiro atoms. The van der Waals surface area contributed by atoms with Crippen LogP contribution in [0, 0.1) is 13.8 Å². The third kappa shape index (κ3) is 3.83. The van der Waals surface area contributed by atoms with Crippen LogP contribution in [0.4, 0.5) is 0 Å². The third-order valence-corrected chi connectivity index (χ3v) is 5.49. The van der Waals surface area contributed by atoms with Gasteiger partial charge in [0.15, 0.2) is 0 Å². The van der Waals surface area contributed by atoms with Crippen molar-refractivity contribution in [3.8, 4) is 0 Å². The van der Waals surface area contributed by atoms with Crippen molar-refractivity contribution in [3.63, 3.8) is 0 Å². The lowest BCUT2D eigenvalue weighted by Crippen LogP contribution is -2.50. The monoisotopic (exact) mass is 311 g/mol. The first kappa shape index (κ1) is 16.4. The van der Waals surface area contributed by atoms with Crippen molar-refractivity contribution in [2.75, 3.05) is 39.0 Å². The van der Waals surface area contributed by atoms with Gasteiger partial charge < -0.3 is 5.73 Å². The number of benzene rings is 1. The minimum absolute atomic E-state index is 0.160. The third-order valence-electron chi connectivity index (χ3n) is 4.19. The van der Waals surface area contributed by atoms with Gasteiger partial charge in [-0.1, -0.05) is 23.8 Å². The van der Waals surface area contributed by atoms with E-state index in [0.717, 1.165) is 13.1 Å². The standard InChI is InChI=1S/C15H25N3O2S/c1-12-4-5-14(13(2)10-12)15(11-16)17-6-8-18(9-7-17)21(3,19)20/h4-5,10,15H,6-9,11,16H2,1-3H3.